The first-order valence-corrected chi connectivity index (χ1v) is 8.21. The molecule has 0 radical (unpaired) electrons. The fraction of sp³-hybridized carbons (Fsp3) is 0.167. The van der Waals surface area contributed by atoms with E-state index in [0.717, 1.165) is 0 Å². The summed E-state index contributed by atoms with van der Waals surface area (Å²) in [6, 6.07) is 13.3. The second-order valence-electron chi connectivity index (χ2n) is 5.38. The van der Waals surface area contributed by atoms with Crippen LogP contribution in [0.3, 0.4) is 0 Å². The zero-order valence-corrected chi connectivity index (χ0v) is 15.4. The number of amides is 2. The molecule has 1 N–H and O–H groups in total. The molecular weight excluding hydrogens is 388 g/mol. The Balaban J connectivity index is 1.89. The van der Waals surface area contributed by atoms with Crippen LogP contribution in [0, 0.1) is 0 Å². The minimum atomic E-state index is -0.588. The van der Waals surface area contributed by atoms with Gasteiger partial charge in [0.25, 0.3) is 11.8 Å². The smallest absolute Gasteiger partial charge is 0.339 e. The van der Waals surface area contributed by atoms with Crippen LogP contribution in [-0.4, -0.2) is 43.4 Å². The monoisotopic (exact) mass is 404 g/mol. The Labute approximate surface area is 153 Å². The lowest BCUT2D eigenvalue weighted by molar-refractivity contribution is -0.119. The van der Waals surface area contributed by atoms with Gasteiger partial charge in [0.1, 0.15) is 0 Å². The minimum absolute atomic E-state index is 0.125. The molecule has 2 aromatic rings. The van der Waals surface area contributed by atoms with Crippen LogP contribution in [-0.2, 0) is 9.53 Å². The van der Waals surface area contributed by atoms with E-state index < -0.39 is 18.5 Å². The van der Waals surface area contributed by atoms with E-state index in [2.05, 4.69) is 21.2 Å². The lowest BCUT2D eigenvalue weighted by Crippen LogP contribution is -2.22. The third kappa shape index (κ3) is 5.15. The van der Waals surface area contributed by atoms with E-state index in [4.69, 9.17) is 4.74 Å². The number of nitrogens with zero attached hydrogens (tertiary/aromatic N) is 1. The summed E-state index contributed by atoms with van der Waals surface area (Å²) in [6.45, 7) is -0.404. The summed E-state index contributed by atoms with van der Waals surface area (Å²) in [5.41, 5.74) is 1.38. The first kappa shape index (κ1) is 18.7. The van der Waals surface area contributed by atoms with Crippen LogP contribution in [0.2, 0.25) is 0 Å². The standard InChI is InChI=1S/C18H17BrN2O4/c1-21(2)17(23)12-7-9-13(10-8-12)20-16(22)11-25-18(24)14-5-3-4-6-15(14)19/h3-10H,11H2,1-2H3,(H,20,22). The van der Waals surface area contributed by atoms with Crippen molar-refractivity contribution in [3.63, 3.8) is 0 Å². The Bertz CT molecular complexity index is 788. The molecule has 2 rings (SSSR count). The molecule has 0 atom stereocenters. The van der Waals surface area contributed by atoms with Gasteiger partial charge in [0.15, 0.2) is 6.61 Å². The third-order valence-electron chi connectivity index (χ3n) is 3.25. The maximum absolute atomic E-state index is 11.9. The normalized spacial score (nSPS) is 10.0. The van der Waals surface area contributed by atoms with Gasteiger partial charge in [0, 0.05) is 29.8 Å². The van der Waals surface area contributed by atoms with E-state index in [1.165, 1.54) is 4.90 Å². The zero-order chi connectivity index (χ0) is 18.4. The second-order valence-corrected chi connectivity index (χ2v) is 6.24. The van der Waals surface area contributed by atoms with Gasteiger partial charge in [-0.2, -0.15) is 0 Å². The van der Waals surface area contributed by atoms with Crippen molar-refractivity contribution in [2.75, 3.05) is 26.0 Å². The van der Waals surface area contributed by atoms with Gasteiger partial charge in [0.05, 0.1) is 5.56 Å². The SMILES string of the molecule is CN(C)C(=O)c1ccc(NC(=O)COC(=O)c2ccccc2Br)cc1. The van der Waals surface area contributed by atoms with Gasteiger partial charge in [0.2, 0.25) is 0 Å². The van der Waals surface area contributed by atoms with Crippen LogP contribution in [0.5, 0.6) is 0 Å². The summed E-state index contributed by atoms with van der Waals surface area (Å²) in [6.07, 6.45) is 0. The summed E-state index contributed by atoms with van der Waals surface area (Å²) in [4.78, 5) is 37.1. The van der Waals surface area contributed by atoms with Crippen molar-refractivity contribution >= 4 is 39.4 Å². The molecule has 0 aliphatic rings. The Morgan fingerprint density at radius 2 is 1.68 bits per heavy atom. The number of esters is 1. The van der Waals surface area contributed by atoms with E-state index in [9.17, 15) is 14.4 Å². The van der Waals surface area contributed by atoms with Crippen molar-refractivity contribution < 1.29 is 19.1 Å². The topological polar surface area (TPSA) is 75.7 Å². The fourth-order valence-electron chi connectivity index (χ4n) is 1.99. The predicted molar refractivity (Wildman–Crippen MR) is 97.5 cm³/mol. The molecule has 0 heterocycles. The van der Waals surface area contributed by atoms with Crippen LogP contribution in [0.1, 0.15) is 20.7 Å². The molecule has 7 heteroatoms. The number of hydrogen-bond donors (Lipinski definition) is 1. The van der Waals surface area contributed by atoms with Crippen molar-refractivity contribution in [3.05, 3.63) is 64.1 Å². The van der Waals surface area contributed by atoms with Gasteiger partial charge >= 0.3 is 5.97 Å². The highest BCUT2D eigenvalue weighted by atomic mass is 79.9. The molecule has 0 fully saturated rings. The van der Waals surface area contributed by atoms with Crippen LogP contribution >= 0.6 is 15.9 Å². The molecular formula is C18H17BrN2O4. The number of benzene rings is 2. The summed E-state index contributed by atoms with van der Waals surface area (Å²) in [7, 11) is 3.33. The number of nitrogens with one attached hydrogen (secondary N) is 1. The second kappa shape index (κ2) is 8.43. The van der Waals surface area contributed by atoms with Gasteiger partial charge in [-0.15, -0.1) is 0 Å². The molecule has 0 aliphatic heterocycles. The fourth-order valence-corrected chi connectivity index (χ4v) is 2.43. The highest BCUT2D eigenvalue weighted by Gasteiger charge is 2.13. The Hall–Kier alpha value is -2.67. The number of carbonyl (C=O) groups excluding carboxylic acids is 3. The highest BCUT2D eigenvalue weighted by molar-refractivity contribution is 9.10. The minimum Gasteiger partial charge on any atom is -0.452 e. The molecule has 0 aliphatic carbocycles. The lowest BCUT2D eigenvalue weighted by atomic mass is 10.2. The van der Waals surface area contributed by atoms with Gasteiger partial charge < -0.3 is 15.0 Å². The molecule has 0 bridgehead atoms. The Morgan fingerprint density at radius 1 is 1.04 bits per heavy atom. The van der Waals surface area contributed by atoms with Gasteiger partial charge in [-0.25, -0.2) is 4.79 Å². The molecule has 0 unspecified atom stereocenters. The average molecular weight is 405 g/mol. The van der Waals surface area contributed by atoms with Crippen molar-refractivity contribution in [3.8, 4) is 0 Å². The van der Waals surface area contributed by atoms with Crippen LogP contribution in [0.25, 0.3) is 0 Å². The van der Waals surface area contributed by atoms with Gasteiger partial charge in [-0.05, 0) is 52.3 Å². The quantitative estimate of drug-likeness (QED) is 0.777. The van der Waals surface area contributed by atoms with Crippen LogP contribution in [0.15, 0.2) is 53.0 Å². The van der Waals surface area contributed by atoms with Gasteiger partial charge in [-0.1, -0.05) is 12.1 Å². The molecule has 2 aromatic carbocycles. The maximum Gasteiger partial charge on any atom is 0.339 e. The lowest BCUT2D eigenvalue weighted by Gasteiger charge is -2.11. The van der Waals surface area contributed by atoms with E-state index in [1.54, 1.807) is 62.6 Å². The predicted octanol–water partition coefficient (Wildman–Crippen LogP) is 2.95. The average Bonchev–Trinajstić information content (AvgIpc) is 2.60. The van der Waals surface area contributed by atoms with E-state index >= 15 is 0 Å². The number of anilines is 1. The summed E-state index contributed by atoms with van der Waals surface area (Å²) < 4.78 is 5.59. The highest BCUT2D eigenvalue weighted by Crippen LogP contribution is 2.17. The van der Waals surface area contributed by atoms with Crippen molar-refractivity contribution in [1.82, 2.24) is 4.90 Å². The summed E-state index contributed by atoms with van der Waals surface area (Å²) >= 11 is 3.25. The van der Waals surface area contributed by atoms with E-state index in [-0.39, 0.29) is 5.91 Å². The van der Waals surface area contributed by atoms with Crippen molar-refractivity contribution in [2.45, 2.75) is 0 Å². The number of hydrogen-bond acceptors (Lipinski definition) is 4. The van der Waals surface area contributed by atoms with Crippen molar-refractivity contribution in [1.29, 1.82) is 0 Å². The number of carbonyl (C=O) groups is 3. The number of halogens is 1. The first-order chi connectivity index (χ1) is 11.9. The Kier molecular flexibility index (Phi) is 6.30. The third-order valence-corrected chi connectivity index (χ3v) is 3.94. The largest absolute Gasteiger partial charge is 0.452 e. The van der Waals surface area contributed by atoms with E-state index in [1.807, 2.05) is 0 Å². The first-order valence-electron chi connectivity index (χ1n) is 7.41. The summed E-state index contributed by atoms with van der Waals surface area (Å²) in [5.74, 6) is -1.18. The molecule has 25 heavy (non-hydrogen) atoms. The molecule has 0 aromatic heterocycles. The zero-order valence-electron chi connectivity index (χ0n) is 13.8. The number of rotatable bonds is 5. The van der Waals surface area contributed by atoms with Crippen LogP contribution < -0.4 is 5.32 Å². The van der Waals surface area contributed by atoms with Crippen molar-refractivity contribution in [2.24, 2.45) is 0 Å². The molecule has 130 valence electrons. The molecule has 0 saturated heterocycles. The molecule has 2 amide bonds. The number of ether oxygens (including phenoxy) is 1. The molecule has 0 spiro atoms. The summed E-state index contributed by atoms with van der Waals surface area (Å²) in [5, 5.41) is 2.61. The Morgan fingerprint density at radius 3 is 2.28 bits per heavy atom. The molecule has 0 saturated carbocycles. The maximum atomic E-state index is 11.9. The molecule has 6 nitrogen and oxygen atoms in total. The van der Waals surface area contributed by atoms with Gasteiger partial charge in [-0.3, -0.25) is 9.59 Å². The van der Waals surface area contributed by atoms with Crippen LogP contribution in [0.4, 0.5) is 5.69 Å². The van der Waals surface area contributed by atoms with E-state index in [0.29, 0.717) is 21.3 Å².